The van der Waals surface area contributed by atoms with Gasteiger partial charge in [-0.15, -0.1) is 0 Å². The number of nitrogens with zero attached hydrogens (tertiary/aromatic N) is 1. The second-order valence-corrected chi connectivity index (χ2v) is 9.63. The second-order valence-electron chi connectivity index (χ2n) is 8.21. The average Bonchev–Trinajstić information content (AvgIpc) is 2.73. The molecule has 1 N–H and O–H groups in total. The van der Waals surface area contributed by atoms with Crippen LogP contribution >= 0.6 is 0 Å². The van der Waals surface area contributed by atoms with E-state index in [-0.39, 0.29) is 36.0 Å². The van der Waals surface area contributed by atoms with E-state index in [1.54, 1.807) is 30.3 Å². The summed E-state index contributed by atoms with van der Waals surface area (Å²) in [4.78, 5) is 27.5. The molecule has 1 unspecified atom stereocenters. The summed E-state index contributed by atoms with van der Waals surface area (Å²) in [6.07, 6.45) is 4.15. The molecule has 7 heteroatoms. The van der Waals surface area contributed by atoms with E-state index < -0.39 is 10.8 Å². The van der Waals surface area contributed by atoms with E-state index in [0.717, 1.165) is 31.2 Å². The fraction of sp³-hybridized carbons (Fsp3) is 0.391. The molecule has 30 heavy (non-hydrogen) atoms. The molecule has 0 bridgehead atoms. The lowest BCUT2D eigenvalue weighted by atomic mass is 9.87. The highest BCUT2D eigenvalue weighted by Crippen LogP contribution is 2.32. The molecule has 2 aromatic carbocycles. The van der Waals surface area contributed by atoms with E-state index in [2.05, 4.69) is 12.2 Å². The molecule has 158 valence electrons. The van der Waals surface area contributed by atoms with Gasteiger partial charge in [-0.1, -0.05) is 19.1 Å². The standard InChI is InChI=1S/C23H25FN2O3S/c1-15-2-9-19(10-3-15)25-23(28)17-6-11-21-20(12-17)26(22(27)14-30(21)29)13-16-4-7-18(24)8-5-16/h4-8,11-12,15,19H,2-3,9-10,13-14H2,1H3,(H,25,28). The SMILES string of the molecule is CC1CCC(NC(=O)c2ccc3c(c2)N(Cc2ccc(F)cc2)C(=O)CS3=O)CC1. The van der Waals surface area contributed by atoms with Gasteiger partial charge in [-0.05, 0) is 67.5 Å². The lowest BCUT2D eigenvalue weighted by Gasteiger charge is -2.30. The minimum absolute atomic E-state index is 0.0972. The van der Waals surface area contributed by atoms with Gasteiger partial charge in [0.2, 0.25) is 5.91 Å². The lowest BCUT2D eigenvalue weighted by Crippen LogP contribution is -2.39. The first-order chi connectivity index (χ1) is 14.4. The summed E-state index contributed by atoms with van der Waals surface area (Å²) < 4.78 is 25.7. The third-order valence-corrected chi connectivity index (χ3v) is 7.26. The number of hydrogen-bond acceptors (Lipinski definition) is 3. The molecule has 1 aliphatic heterocycles. The molecule has 1 saturated carbocycles. The number of amides is 2. The van der Waals surface area contributed by atoms with Crippen LogP contribution in [0.15, 0.2) is 47.4 Å². The van der Waals surface area contributed by atoms with E-state index in [0.29, 0.717) is 22.1 Å². The zero-order valence-corrected chi connectivity index (χ0v) is 17.7. The van der Waals surface area contributed by atoms with Gasteiger partial charge in [-0.25, -0.2) is 4.39 Å². The van der Waals surface area contributed by atoms with Crippen molar-refractivity contribution >= 4 is 28.3 Å². The summed E-state index contributed by atoms with van der Waals surface area (Å²) >= 11 is 0. The number of rotatable bonds is 4. The Labute approximate surface area is 178 Å². The molecule has 1 fully saturated rings. The molecule has 1 heterocycles. The Morgan fingerprint density at radius 2 is 1.83 bits per heavy atom. The van der Waals surface area contributed by atoms with Crippen LogP contribution in [0.1, 0.15) is 48.5 Å². The fourth-order valence-corrected chi connectivity index (χ4v) is 5.24. The molecule has 1 aliphatic carbocycles. The number of halogens is 1. The minimum atomic E-state index is -1.44. The molecule has 4 rings (SSSR count). The van der Waals surface area contributed by atoms with Gasteiger partial charge in [-0.3, -0.25) is 13.8 Å². The average molecular weight is 429 g/mol. The van der Waals surface area contributed by atoms with Crippen LogP contribution in [0.25, 0.3) is 0 Å². The monoisotopic (exact) mass is 428 g/mol. The van der Waals surface area contributed by atoms with E-state index in [1.807, 2.05) is 0 Å². The van der Waals surface area contributed by atoms with Crippen molar-refractivity contribution in [2.75, 3.05) is 10.7 Å². The van der Waals surface area contributed by atoms with Gasteiger partial charge in [0.15, 0.2) is 0 Å². The maximum absolute atomic E-state index is 13.2. The molecule has 2 aromatic rings. The van der Waals surface area contributed by atoms with Crippen LogP contribution in [-0.4, -0.2) is 27.8 Å². The Kier molecular flexibility index (Phi) is 5.99. The first-order valence-electron chi connectivity index (χ1n) is 10.3. The van der Waals surface area contributed by atoms with Crippen LogP contribution < -0.4 is 10.2 Å². The topological polar surface area (TPSA) is 66.5 Å². The second kappa shape index (κ2) is 8.68. The van der Waals surface area contributed by atoms with Crippen LogP contribution in [0.3, 0.4) is 0 Å². The van der Waals surface area contributed by atoms with Crippen LogP contribution in [0.5, 0.6) is 0 Å². The number of carbonyl (C=O) groups excluding carboxylic acids is 2. The largest absolute Gasteiger partial charge is 0.349 e. The van der Waals surface area contributed by atoms with Crippen molar-refractivity contribution in [1.82, 2.24) is 5.32 Å². The van der Waals surface area contributed by atoms with Crippen molar-refractivity contribution in [3.63, 3.8) is 0 Å². The van der Waals surface area contributed by atoms with Crippen molar-refractivity contribution in [2.24, 2.45) is 5.92 Å². The minimum Gasteiger partial charge on any atom is -0.349 e. The highest BCUT2D eigenvalue weighted by molar-refractivity contribution is 7.86. The summed E-state index contributed by atoms with van der Waals surface area (Å²) in [7, 11) is -1.44. The number of anilines is 1. The molecule has 1 atom stereocenters. The number of carbonyl (C=O) groups is 2. The van der Waals surface area contributed by atoms with E-state index in [9.17, 15) is 18.2 Å². The molecular formula is C23H25FN2O3S. The number of nitrogens with one attached hydrogen (secondary N) is 1. The van der Waals surface area contributed by atoms with Crippen LogP contribution in [0, 0.1) is 11.7 Å². The summed E-state index contributed by atoms with van der Waals surface area (Å²) in [6, 6.07) is 11.1. The summed E-state index contributed by atoms with van der Waals surface area (Å²) in [5, 5.41) is 3.10. The van der Waals surface area contributed by atoms with E-state index in [1.165, 1.54) is 17.0 Å². The first kappa shape index (κ1) is 20.7. The van der Waals surface area contributed by atoms with E-state index in [4.69, 9.17) is 0 Å². The van der Waals surface area contributed by atoms with Crippen molar-refractivity contribution in [1.29, 1.82) is 0 Å². The molecule has 0 aromatic heterocycles. The number of benzene rings is 2. The Morgan fingerprint density at radius 1 is 1.13 bits per heavy atom. The number of hydrogen-bond donors (Lipinski definition) is 1. The van der Waals surface area contributed by atoms with Gasteiger partial charge in [0, 0.05) is 11.6 Å². The summed E-state index contributed by atoms with van der Waals surface area (Å²) in [6.45, 7) is 2.46. The third kappa shape index (κ3) is 4.46. The normalized spacial score (nSPS) is 23.7. The van der Waals surface area contributed by atoms with Crippen molar-refractivity contribution in [3.05, 3.63) is 59.4 Å². The Bertz CT molecular complexity index is 984. The Morgan fingerprint density at radius 3 is 2.53 bits per heavy atom. The predicted molar refractivity (Wildman–Crippen MR) is 114 cm³/mol. The molecule has 0 saturated heterocycles. The van der Waals surface area contributed by atoms with Gasteiger partial charge in [-0.2, -0.15) is 0 Å². The Hall–Kier alpha value is -2.54. The van der Waals surface area contributed by atoms with Crippen LogP contribution in [0.2, 0.25) is 0 Å². The zero-order valence-electron chi connectivity index (χ0n) is 16.9. The summed E-state index contributed by atoms with van der Waals surface area (Å²) in [5.74, 6) is -0.198. The lowest BCUT2D eigenvalue weighted by molar-refractivity contribution is -0.116. The third-order valence-electron chi connectivity index (χ3n) is 5.92. The molecule has 0 radical (unpaired) electrons. The van der Waals surface area contributed by atoms with Gasteiger partial charge in [0.25, 0.3) is 5.91 Å². The molecule has 5 nitrogen and oxygen atoms in total. The fourth-order valence-electron chi connectivity index (χ4n) is 4.08. The molecular weight excluding hydrogens is 403 g/mol. The highest BCUT2D eigenvalue weighted by atomic mass is 32.2. The zero-order chi connectivity index (χ0) is 21.3. The predicted octanol–water partition coefficient (Wildman–Crippen LogP) is 3.79. The summed E-state index contributed by atoms with van der Waals surface area (Å²) in [5.41, 5.74) is 1.69. The van der Waals surface area contributed by atoms with Crippen LogP contribution in [-0.2, 0) is 22.1 Å². The van der Waals surface area contributed by atoms with Gasteiger partial charge in [0.1, 0.15) is 11.6 Å². The van der Waals surface area contributed by atoms with Gasteiger partial charge >= 0.3 is 0 Å². The Balaban J connectivity index is 1.58. The quantitative estimate of drug-likeness (QED) is 0.806. The van der Waals surface area contributed by atoms with Crippen molar-refractivity contribution in [2.45, 2.75) is 50.1 Å². The van der Waals surface area contributed by atoms with Crippen molar-refractivity contribution < 1.29 is 18.2 Å². The maximum atomic E-state index is 13.2. The first-order valence-corrected chi connectivity index (χ1v) is 11.6. The van der Waals surface area contributed by atoms with Gasteiger partial charge < -0.3 is 10.2 Å². The van der Waals surface area contributed by atoms with Gasteiger partial charge in [0.05, 0.1) is 27.9 Å². The van der Waals surface area contributed by atoms with Crippen molar-refractivity contribution in [3.8, 4) is 0 Å². The smallest absolute Gasteiger partial charge is 0.251 e. The highest BCUT2D eigenvalue weighted by Gasteiger charge is 2.30. The number of fused-ring (bicyclic) bond motifs is 1. The molecule has 2 amide bonds. The maximum Gasteiger partial charge on any atom is 0.251 e. The molecule has 2 aliphatic rings. The molecule has 0 spiro atoms. The van der Waals surface area contributed by atoms with Crippen LogP contribution in [0.4, 0.5) is 10.1 Å². The van der Waals surface area contributed by atoms with E-state index >= 15 is 0 Å².